The normalized spacial score (nSPS) is 21.2. The third kappa shape index (κ3) is 3.87. The minimum Gasteiger partial charge on any atom is -0.404 e. The topological polar surface area (TPSA) is 86.2 Å². The Kier molecular flexibility index (Phi) is 4.54. The van der Waals surface area contributed by atoms with Gasteiger partial charge in [-0.1, -0.05) is 0 Å². The van der Waals surface area contributed by atoms with Crippen LogP contribution >= 0.6 is 0 Å². The van der Waals surface area contributed by atoms with Crippen LogP contribution in [-0.4, -0.2) is 24.9 Å². The number of nitrogens with one attached hydrogen (secondary N) is 3. The molecule has 1 aliphatic rings. The molecule has 0 aliphatic carbocycles. The van der Waals surface area contributed by atoms with E-state index >= 15 is 0 Å². The molecule has 3 N–H and O–H groups in total. The maximum absolute atomic E-state index is 12.2. The maximum atomic E-state index is 12.2. The minimum atomic E-state index is -4.88. The number of carbonyl (C=O) groups is 1. The molecule has 9 heteroatoms. The van der Waals surface area contributed by atoms with Gasteiger partial charge in [-0.2, -0.15) is 5.26 Å². The van der Waals surface area contributed by atoms with Crippen molar-refractivity contribution in [2.24, 2.45) is 5.92 Å². The second-order valence-corrected chi connectivity index (χ2v) is 4.78. The Labute approximate surface area is 124 Å². The lowest BCUT2D eigenvalue weighted by atomic mass is 10.0. The molecule has 2 atom stereocenters. The van der Waals surface area contributed by atoms with Crippen molar-refractivity contribution in [2.45, 2.75) is 19.3 Å². The van der Waals surface area contributed by atoms with Crippen molar-refractivity contribution >= 4 is 11.6 Å². The standard InChI is InChI=1S/C13H13F3N4O2/c1-7-10(6-18-20-7)12(21)19-9-2-3-11(8(4-9)5-17)22-13(14,15)16/h2-4,7,10,18,20H,6H2,1H3,(H,19,21). The van der Waals surface area contributed by atoms with Crippen LogP contribution in [-0.2, 0) is 4.79 Å². The van der Waals surface area contributed by atoms with Crippen molar-refractivity contribution in [3.05, 3.63) is 23.8 Å². The highest BCUT2D eigenvalue weighted by atomic mass is 19.4. The largest absolute Gasteiger partial charge is 0.573 e. The first-order valence-electron chi connectivity index (χ1n) is 6.39. The Morgan fingerprint density at radius 2 is 2.23 bits per heavy atom. The quantitative estimate of drug-likeness (QED) is 0.787. The van der Waals surface area contributed by atoms with E-state index in [1.54, 1.807) is 6.07 Å². The fourth-order valence-electron chi connectivity index (χ4n) is 2.07. The molecule has 2 rings (SSSR count). The lowest BCUT2D eigenvalue weighted by Crippen LogP contribution is -2.33. The van der Waals surface area contributed by atoms with E-state index in [4.69, 9.17) is 5.26 Å². The van der Waals surface area contributed by atoms with Crippen molar-refractivity contribution in [3.8, 4) is 11.8 Å². The SMILES string of the molecule is CC1NNCC1C(=O)Nc1ccc(OC(F)(F)F)c(C#N)c1. The highest BCUT2D eigenvalue weighted by molar-refractivity contribution is 5.93. The van der Waals surface area contributed by atoms with Crippen LogP contribution < -0.4 is 20.9 Å². The zero-order valence-corrected chi connectivity index (χ0v) is 11.5. The summed E-state index contributed by atoms with van der Waals surface area (Å²) in [4.78, 5) is 12.1. The Balaban J connectivity index is 2.13. The van der Waals surface area contributed by atoms with Crippen LogP contribution in [0.5, 0.6) is 5.75 Å². The van der Waals surface area contributed by atoms with Gasteiger partial charge in [-0.3, -0.25) is 15.6 Å². The maximum Gasteiger partial charge on any atom is 0.573 e. The average molecular weight is 314 g/mol. The van der Waals surface area contributed by atoms with Crippen LogP contribution in [0.3, 0.4) is 0 Å². The van der Waals surface area contributed by atoms with Crippen LogP contribution in [0.25, 0.3) is 0 Å². The predicted molar refractivity (Wildman–Crippen MR) is 70.6 cm³/mol. The second kappa shape index (κ2) is 6.21. The monoisotopic (exact) mass is 314 g/mol. The number of hydrazine groups is 1. The van der Waals surface area contributed by atoms with E-state index < -0.39 is 12.1 Å². The summed E-state index contributed by atoms with van der Waals surface area (Å²) in [6, 6.07) is 4.91. The summed E-state index contributed by atoms with van der Waals surface area (Å²) < 4.78 is 40.3. The van der Waals surface area contributed by atoms with E-state index in [9.17, 15) is 18.0 Å². The Hall–Kier alpha value is -2.31. The van der Waals surface area contributed by atoms with Gasteiger partial charge in [-0.05, 0) is 25.1 Å². The summed E-state index contributed by atoms with van der Waals surface area (Å²) in [5.41, 5.74) is 5.64. The molecule has 1 fully saturated rings. The second-order valence-electron chi connectivity index (χ2n) is 4.78. The van der Waals surface area contributed by atoms with Crippen LogP contribution in [0.1, 0.15) is 12.5 Å². The van der Waals surface area contributed by atoms with Gasteiger partial charge in [0, 0.05) is 18.3 Å². The number of benzene rings is 1. The molecule has 118 valence electrons. The van der Waals surface area contributed by atoms with Gasteiger partial charge < -0.3 is 10.1 Å². The van der Waals surface area contributed by atoms with Gasteiger partial charge in [0.2, 0.25) is 5.91 Å². The van der Waals surface area contributed by atoms with Gasteiger partial charge in [0.25, 0.3) is 0 Å². The van der Waals surface area contributed by atoms with Gasteiger partial charge in [0.1, 0.15) is 11.8 Å². The molecule has 1 saturated heterocycles. The highest BCUT2D eigenvalue weighted by Gasteiger charge is 2.32. The summed E-state index contributed by atoms with van der Waals surface area (Å²) in [5, 5.41) is 11.5. The van der Waals surface area contributed by atoms with E-state index in [0.717, 1.165) is 12.1 Å². The summed E-state index contributed by atoms with van der Waals surface area (Å²) in [6.45, 7) is 2.26. The van der Waals surface area contributed by atoms with Crippen LogP contribution in [0, 0.1) is 17.2 Å². The lowest BCUT2D eigenvalue weighted by Gasteiger charge is -2.15. The number of alkyl halides is 3. The molecule has 6 nitrogen and oxygen atoms in total. The molecule has 0 bridgehead atoms. The molecular weight excluding hydrogens is 301 g/mol. The number of nitrogens with zero attached hydrogens (tertiary/aromatic N) is 1. The molecule has 0 radical (unpaired) electrons. The Morgan fingerprint density at radius 1 is 1.50 bits per heavy atom. The fourth-order valence-corrected chi connectivity index (χ4v) is 2.07. The lowest BCUT2D eigenvalue weighted by molar-refractivity contribution is -0.274. The summed E-state index contributed by atoms with van der Waals surface area (Å²) in [6.07, 6.45) is -4.88. The minimum absolute atomic E-state index is 0.0803. The van der Waals surface area contributed by atoms with Gasteiger partial charge in [0.05, 0.1) is 11.5 Å². The third-order valence-corrected chi connectivity index (χ3v) is 3.19. The molecule has 1 heterocycles. The first kappa shape index (κ1) is 16.1. The molecule has 1 aliphatic heterocycles. The smallest absolute Gasteiger partial charge is 0.404 e. The number of hydrogen-bond donors (Lipinski definition) is 3. The van der Waals surface area contributed by atoms with E-state index in [1.807, 2.05) is 6.92 Å². The van der Waals surface area contributed by atoms with Crippen molar-refractivity contribution in [1.29, 1.82) is 5.26 Å². The third-order valence-electron chi connectivity index (χ3n) is 3.19. The van der Waals surface area contributed by atoms with E-state index in [2.05, 4.69) is 20.9 Å². The predicted octanol–water partition coefficient (Wildman–Crippen LogP) is 1.51. The number of ether oxygens (including phenoxy) is 1. The number of nitriles is 1. The van der Waals surface area contributed by atoms with Crippen molar-refractivity contribution < 1.29 is 22.7 Å². The molecular formula is C13H13F3N4O2. The number of carbonyl (C=O) groups excluding carboxylic acids is 1. The molecule has 22 heavy (non-hydrogen) atoms. The molecule has 0 aromatic heterocycles. The summed E-state index contributed by atoms with van der Waals surface area (Å²) in [7, 11) is 0. The highest BCUT2D eigenvalue weighted by Crippen LogP contribution is 2.28. The summed E-state index contributed by atoms with van der Waals surface area (Å²) >= 11 is 0. The first-order chi connectivity index (χ1) is 10.3. The molecule has 0 spiro atoms. The molecule has 1 aromatic carbocycles. The number of anilines is 1. The molecule has 0 saturated carbocycles. The zero-order valence-electron chi connectivity index (χ0n) is 11.5. The number of hydrogen-bond acceptors (Lipinski definition) is 5. The number of halogens is 3. The van der Waals surface area contributed by atoms with Crippen molar-refractivity contribution in [1.82, 2.24) is 10.9 Å². The fraction of sp³-hybridized carbons (Fsp3) is 0.385. The van der Waals surface area contributed by atoms with Gasteiger partial charge in [0.15, 0.2) is 0 Å². The van der Waals surface area contributed by atoms with Gasteiger partial charge in [-0.15, -0.1) is 13.2 Å². The van der Waals surface area contributed by atoms with Crippen LogP contribution in [0.4, 0.5) is 18.9 Å². The van der Waals surface area contributed by atoms with Gasteiger partial charge in [-0.25, -0.2) is 0 Å². The van der Waals surface area contributed by atoms with E-state index in [-0.39, 0.29) is 29.1 Å². The van der Waals surface area contributed by atoms with Gasteiger partial charge >= 0.3 is 6.36 Å². The van der Waals surface area contributed by atoms with Crippen molar-refractivity contribution in [2.75, 3.05) is 11.9 Å². The number of rotatable bonds is 3. The van der Waals surface area contributed by atoms with Crippen molar-refractivity contribution in [3.63, 3.8) is 0 Å². The Bertz CT molecular complexity index is 612. The van der Waals surface area contributed by atoms with Crippen LogP contribution in [0.15, 0.2) is 18.2 Å². The molecule has 2 unspecified atom stereocenters. The Morgan fingerprint density at radius 3 is 2.77 bits per heavy atom. The van der Waals surface area contributed by atoms with E-state index in [1.165, 1.54) is 6.07 Å². The average Bonchev–Trinajstić information content (AvgIpc) is 2.85. The molecule has 1 aromatic rings. The zero-order chi connectivity index (χ0) is 16.3. The molecule has 1 amide bonds. The first-order valence-corrected chi connectivity index (χ1v) is 6.39. The summed E-state index contributed by atoms with van der Waals surface area (Å²) in [5.74, 6) is -1.22. The van der Waals surface area contributed by atoms with Crippen LogP contribution in [0.2, 0.25) is 0 Å². The number of amides is 1. The van der Waals surface area contributed by atoms with E-state index in [0.29, 0.717) is 6.54 Å².